The van der Waals surface area contributed by atoms with Crippen LogP contribution in [0.1, 0.15) is 12.6 Å². The minimum absolute atomic E-state index is 0.0521. The summed E-state index contributed by atoms with van der Waals surface area (Å²) in [5.74, 6) is -1.04. The van der Waals surface area contributed by atoms with Gasteiger partial charge >= 0.3 is 5.97 Å². The average molecular weight is 256 g/mol. The maximum Gasteiger partial charge on any atom is 0.325 e. The largest absolute Gasteiger partial charge is 0.503 e. The summed E-state index contributed by atoms with van der Waals surface area (Å²) in [6.07, 6.45) is 1.41. The molecule has 0 aliphatic heterocycles. The van der Waals surface area contributed by atoms with Gasteiger partial charge in [0.2, 0.25) is 0 Å². The van der Waals surface area contributed by atoms with Crippen LogP contribution in [0.2, 0.25) is 0 Å². The second-order valence-corrected chi connectivity index (χ2v) is 3.65. The molecule has 0 aromatic carbocycles. The molecule has 0 amide bonds. The number of nitrogens with zero attached hydrogens (tertiary/aromatic N) is 1. The highest BCUT2D eigenvalue weighted by atomic mass is 32.1. The Morgan fingerprint density at radius 2 is 2.29 bits per heavy atom. The molecular formula is C10H12N2O4S. The number of methoxy groups -OCH3 is 1. The highest BCUT2D eigenvalue weighted by molar-refractivity contribution is 7.80. The number of carboxylic acid groups (broad SMARTS) is 1. The summed E-state index contributed by atoms with van der Waals surface area (Å²) in [6, 6.07) is 0.608. The average Bonchev–Trinajstić information content (AvgIpc) is 2.28. The molecule has 0 radical (unpaired) electrons. The molecule has 1 aromatic heterocycles. The molecule has 1 rings (SSSR count). The maximum absolute atomic E-state index is 10.6. The molecule has 0 aliphatic rings. The summed E-state index contributed by atoms with van der Waals surface area (Å²) in [6.45, 7) is 1.44. The summed E-state index contributed by atoms with van der Waals surface area (Å²) in [5, 5.41) is 21.0. The van der Waals surface area contributed by atoms with Gasteiger partial charge < -0.3 is 20.3 Å². The lowest BCUT2D eigenvalue weighted by molar-refractivity contribution is -0.138. The Balaban J connectivity index is 2.93. The predicted molar refractivity (Wildman–Crippen MR) is 64.4 cm³/mol. The van der Waals surface area contributed by atoms with Gasteiger partial charge in [-0.05, 0) is 6.92 Å². The molecule has 1 atom stereocenters. The van der Waals surface area contributed by atoms with Crippen LogP contribution in [0.4, 0.5) is 0 Å². The van der Waals surface area contributed by atoms with Crippen molar-refractivity contribution < 1.29 is 19.7 Å². The van der Waals surface area contributed by atoms with Crippen LogP contribution in [0, 0.1) is 0 Å². The van der Waals surface area contributed by atoms with E-state index < -0.39 is 12.0 Å². The topological polar surface area (TPSA) is 91.7 Å². The maximum atomic E-state index is 10.6. The number of carbonyl (C=O) groups is 1. The third kappa shape index (κ3) is 3.04. The monoisotopic (exact) mass is 256 g/mol. The van der Waals surface area contributed by atoms with Crippen molar-refractivity contribution in [3.63, 3.8) is 0 Å². The predicted octanol–water partition coefficient (Wildman–Crippen LogP) is 0.534. The van der Waals surface area contributed by atoms with Crippen LogP contribution < -0.4 is 10.1 Å². The normalized spacial score (nSPS) is 11.6. The lowest BCUT2D eigenvalue weighted by Crippen LogP contribution is -2.38. The molecule has 7 heteroatoms. The van der Waals surface area contributed by atoms with E-state index in [1.807, 2.05) is 0 Å². The Hall–Kier alpha value is -1.89. The minimum atomic E-state index is -1.05. The zero-order valence-corrected chi connectivity index (χ0v) is 10.1. The lowest BCUT2D eigenvalue weighted by Gasteiger charge is -2.13. The van der Waals surface area contributed by atoms with Gasteiger partial charge in [0.1, 0.15) is 16.7 Å². The number of pyridine rings is 1. The van der Waals surface area contributed by atoms with Crippen molar-refractivity contribution in [3.05, 3.63) is 18.0 Å². The van der Waals surface area contributed by atoms with Gasteiger partial charge in [-0.15, -0.1) is 0 Å². The molecular weight excluding hydrogens is 244 g/mol. The van der Waals surface area contributed by atoms with Crippen molar-refractivity contribution in [1.29, 1.82) is 0 Å². The lowest BCUT2D eigenvalue weighted by atomic mass is 10.2. The SMILES string of the molecule is COc1ccnc(C(=S)N[C@@H](C)C(=O)O)c1O. The van der Waals surface area contributed by atoms with Crippen molar-refractivity contribution >= 4 is 23.2 Å². The Morgan fingerprint density at radius 1 is 1.65 bits per heavy atom. The van der Waals surface area contributed by atoms with Crippen LogP contribution >= 0.6 is 12.2 Å². The standard InChI is InChI=1S/C10H12N2O4S/c1-5(10(14)15)12-9(17)7-8(13)6(16-2)3-4-11-7/h3-5,13H,1-2H3,(H,12,17)(H,14,15)/t5-/m0/s1. The molecule has 1 aromatic rings. The van der Waals surface area contributed by atoms with E-state index in [1.54, 1.807) is 0 Å². The Bertz CT molecular complexity index is 450. The number of nitrogens with one attached hydrogen (secondary N) is 1. The number of aliphatic carboxylic acids is 1. The minimum Gasteiger partial charge on any atom is -0.503 e. The smallest absolute Gasteiger partial charge is 0.325 e. The fourth-order valence-electron chi connectivity index (χ4n) is 1.09. The second-order valence-electron chi connectivity index (χ2n) is 3.24. The first-order valence-electron chi connectivity index (χ1n) is 4.73. The van der Waals surface area contributed by atoms with Crippen LogP contribution in [-0.4, -0.2) is 39.3 Å². The van der Waals surface area contributed by atoms with Gasteiger partial charge in [-0.25, -0.2) is 4.98 Å². The summed E-state index contributed by atoms with van der Waals surface area (Å²) < 4.78 is 4.89. The third-order valence-corrected chi connectivity index (χ3v) is 2.35. The van der Waals surface area contributed by atoms with Crippen LogP contribution in [0.15, 0.2) is 12.3 Å². The summed E-state index contributed by atoms with van der Waals surface area (Å²) >= 11 is 4.96. The number of hydrogen-bond acceptors (Lipinski definition) is 5. The zero-order chi connectivity index (χ0) is 13.0. The number of aromatic hydroxyl groups is 1. The molecule has 92 valence electrons. The van der Waals surface area contributed by atoms with Crippen molar-refractivity contribution in [2.24, 2.45) is 0 Å². The van der Waals surface area contributed by atoms with Gasteiger partial charge in [-0.2, -0.15) is 0 Å². The summed E-state index contributed by atoms with van der Waals surface area (Å²) in [7, 11) is 1.40. The quantitative estimate of drug-likeness (QED) is 0.677. The van der Waals surface area contributed by atoms with E-state index in [0.717, 1.165) is 0 Å². The highest BCUT2D eigenvalue weighted by Crippen LogP contribution is 2.27. The van der Waals surface area contributed by atoms with Crippen LogP contribution in [-0.2, 0) is 4.79 Å². The molecule has 1 heterocycles. The fourth-order valence-corrected chi connectivity index (χ4v) is 1.42. The van der Waals surface area contributed by atoms with Crippen LogP contribution in [0.3, 0.4) is 0 Å². The Labute approximate surface area is 103 Å². The van der Waals surface area contributed by atoms with E-state index in [0.29, 0.717) is 0 Å². The molecule has 0 spiro atoms. The van der Waals surface area contributed by atoms with Crippen molar-refractivity contribution in [2.75, 3.05) is 7.11 Å². The van der Waals surface area contributed by atoms with E-state index in [1.165, 1.54) is 26.3 Å². The van der Waals surface area contributed by atoms with Gasteiger partial charge in [-0.1, -0.05) is 12.2 Å². The fraction of sp³-hybridized carbons (Fsp3) is 0.300. The molecule has 3 N–H and O–H groups in total. The van der Waals surface area contributed by atoms with E-state index >= 15 is 0 Å². The molecule has 0 saturated carbocycles. The first-order chi connectivity index (χ1) is 7.97. The molecule has 0 fully saturated rings. The third-order valence-electron chi connectivity index (χ3n) is 2.04. The van der Waals surface area contributed by atoms with Gasteiger partial charge in [0.15, 0.2) is 11.5 Å². The molecule has 0 saturated heterocycles. The van der Waals surface area contributed by atoms with E-state index in [2.05, 4.69) is 10.3 Å². The van der Waals surface area contributed by atoms with Crippen molar-refractivity contribution in [1.82, 2.24) is 10.3 Å². The number of rotatable bonds is 4. The van der Waals surface area contributed by atoms with Crippen LogP contribution in [0.25, 0.3) is 0 Å². The molecule has 6 nitrogen and oxygen atoms in total. The van der Waals surface area contributed by atoms with E-state index in [9.17, 15) is 9.90 Å². The molecule has 0 unspecified atom stereocenters. The van der Waals surface area contributed by atoms with Gasteiger partial charge in [0.05, 0.1) is 7.11 Å². The van der Waals surface area contributed by atoms with E-state index in [-0.39, 0.29) is 22.2 Å². The van der Waals surface area contributed by atoms with Crippen molar-refractivity contribution in [2.45, 2.75) is 13.0 Å². The number of aromatic nitrogens is 1. The van der Waals surface area contributed by atoms with Gasteiger partial charge in [0.25, 0.3) is 0 Å². The summed E-state index contributed by atoms with van der Waals surface area (Å²) in [4.78, 5) is 14.6. The van der Waals surface area contributed by atoms with Gasteiger partial charge in [0, 0.05) is 12.3 Å². The molecule has 17 heavy (non-hydrogen) atoms. The van der Waals surface area contributed by atoms with Crippen molar-refractivity contribution in [3.8, 4) is 11.5 Å². The number of carboxylic acids is 1. The number of thiocarbonyl (C=S) groups is 1. The van der Waals surface area contributed by atoms with Gasteiger partial charge in [-0.3, -0.25) is 4.79 Å². The second kappa shape index (κ2) is 5.44. The summed E-state index contributed by atoms with van der Waals surface area (Å²) in [5.41, 5.74) is 0.0902. The Kier molecular flexibility index (Phi) is 4.22. The van der Waals surface area contributed by atoms with E-state index in [4.69, 9.17) is 22.1 Å². The number of hydrogen-bond donors (Lipinski definition) is 3. The Morgan fingerprint density at radius 3 is 2.82 bits per heavy atom. The molecule has 0 aliphatic carbocycles. The number of ether oxygens (including phenoxy) is 1. The highest BCUT2D eigenvalue weighted by Gasteiger charge is 2.17. The van der Waals surface area contributed by atoms with Crippen LogP contribution in [0.5, 0.6) is 11.5 Å². The zero-order valence-electron chi connectivity index (χ0n) is 9.30. The molecule has 0 bridgehead atoms. The first-order valence-corrected chi connectivity index (χ1v) is 5.13. The first kappa shape index (κ1) is 13.2.